The first kappa shape index (κ1) is 15.8. The van der Waals surface area contributed by atoms with Gasteiger partial charge in [-0.15, -0.1) is 0 Å². The van der Waals surface area contributed by atoms with Crippen molar-refractivity contribution in [2.45, 2.75) is 12.2 Å². The second-order valence-corrected chi connectivity index (χ2v) is 4.88. The number of rotatable bonds is 3. The van der Waals surface area contributed by atoms with Crippen molar-refractivity contribution in [1.29, 1.82) is 0 Å². The van der Waals surface area contributed by atoms with E-state index in [9.17, 15) is 17.6 Å². The van der Waals surface area contributed by atoms with E-state index in [-0.39, 0.29) is 5.56 Å². The minimum atomic E-state index is -4.53. The highest BCUT2D eigenvalue weighted by Gasteiger charge is 2.32. The molecule has 2 aromatic rings. The van der Waals surface area contributed by atoms with E-state index < -0.39 is 23.6 Å². The molecule has 1 N–H and O–H groups in total. The highest BCUT2D eigenvalue weighted by Crippen LogP contribution is 2.34. The molecule has 1 atom stereocenters. The predicted octanol–water partition coefficient (Wildman–Crippen LogP) is 4.81. The number of benzene rings is 2. The van der Waals surface area contributed by atoms with E-state index in [4.69, 9.17) is 11.6 Å². The topological polar surface area (TPSA) is 12.0 Å². The Hall–Kier alpha value is -1.59. The lowest BCUT2D eigenvalue weighted by Gasteiger charge is -2.20. The molecule has 21 heavy (non-hydrogen) atoms. The third kappa shape index (κ3) is 3.36. The summed E-state index contributed by atoms with van der Waals surface area (Å²) in [4.78, 5) is 0. The van der Waals surface area contributed by atoms with Gasteiger partial charge in [-0.05, 0) is 36.9 Å². The monoisotopic (exact) mass is 317 g/mol. The molecule has 0 radical (unpaired) electrons. The van der Waals surface area contributed by atoms with Crippen LogP contribution in [0, 0.1) is 5.82 Å². The van der Waals surface area contributed by atoms with Gasteiger partial charge < -0.3 is 5.32 Å². The van der Waals surface area contributed by atoms with E-state index in [2.05, 4.69) is 5.32 Å². The van der Waals surface area contributed by atoms with Crippen molar-refractivity contribution in [2.75, 3.05) is 7.05 Å². The summed E-state index contributed by atoms with van der Waals surface area (Å²) < 4.78 is 52.3. The molecule has 2 aromatic carbocycles. The molecule has 112 valence electrons. The van der Waals surface area contributed by atoms with Crippen molar-refractivity contribution in [2.24, 2.45) is 0 Å². The molecule has 0 saturated carbocycles. The Bertz CT molecular complexity index is 640. The Morgan fingerprint density at radius 2 is 1.71 bits per heavy atom. The second-order valence-electron chi connectivity index (χ2n) is 4.48. The zero-order chi connectivity index (χ0) is 15.6. The standard InChI is InChI=1S/C15H12ClF4N/c1-21-14(10-4-2-3-5-12(10)16)11-8-9(15(18,19)20)6-7-13(11)17/h2-8,14,21H,1H3. The molecule has 0 saturated heterocycles. The fourth-order valence-corrected chi connectivity index (χ4v) is 2.37. The number of hydrogen-bond donors (Lipinski definition) is 1. The Balaban J connectivity index is 2.55. The van der Waals surface area contributed by atoms with Crippen molar-refractivity contribution >= 4 is 11.6 Å². The quantitative estimate of drug-likeness (QED) is 0.801. The van der Waals surface area contributed by atoms with Gasteiger partial charge in [0.1, 0.15) is 5.82 Å². The Labute approximate surface area is 124 Å². The van der Waals surface area contributed by atoms with Crippen LogP contribution < -0.4 is 5.32 Å². The van der Waals surface area contributed by atoms with Crippen LogP contribution in [-0.2, 0) is 6.18 Å². The molecule has 0 aromatic heterocycles. The molecule has 6 heteroatoms. The van der Waals surface area contributed by atoms with Crippen LogP contribution in [0.4, 0.5) is 17.6 Å². The fraction of sp³-hybridized carbons (Fsp3) is 0.200. The van der Waals surface area contributed by atoms with Crippen molar-refractivity contribution < 1.29 is 17.6 Å². The number of nitrogens with one attached hydrogen (secondary N) is 1. The third-order valence-corrected chi connectivity index (χ3v) is 3.48. The van der Waals surface area contributed by atoms with Crippen molar-refractivity contribution in [1.82, 2.24) is 5.32 Å². The van der Waals surface area contributed by atoms with Crippen LogP contribution >= 0.6 is 11.6 Å². The first-order chi connectivity index (χ1) is 9.84. The minimum absolute atomic E-state index is 0.0968. The van der Waals surface area contributed by atoms with Gasteiger partial charge in [-0.1, -0.05) is 29.8 Å². The van der Waals surface area contributed by atoms with Crippen LogP contribution in [0.2, 0.25) is 5.02 Å². The van der Waals surface area contributed by atoms with Crippen LogP contribution in [0.25, 0.3) is 0 Å². The van der Waals surface area contributed by atoms with E-state index in [1.807, 2.05) is 0 Å². The molecular formula is C15H12ClF4N. The van der Waals surface area contributed by atoms with Gasteiger partial charge in [0, 0.05) is 10.6 Å². The van der Waals surface area contributed by atoms with Gasteiger partial charge in [-0.25, -0.2) is 4.39 Å². The summed E-state index contributed by atoms with van der Waals surface area (Å²) in [5.41, 5.74) is -0.480. The van der Waals surface area contributed by atoms with Crippen LogP contribution in [0.3, 0.4) is 0 Å². The van der Waals surface area contributed by atoms with Crippen LogP contribution in [0.5, 0.6) is 0 Å². The van der Waals surface area contributed by atoms with Gasteiger partial charge in [-0.2, -0.15) is 13.2 Å². The molecular weight excluding hydrogens is 306 g/mol. The maximum absolute atomic E-state index is 14.0. The third-order valence-electron chi connectivity index (χ3n) is 3.14. The van der Waals surface area contributed by atoms with Crippen LogP contribution in [-0.4, -0.2) is 7.05 Å². The summed E-state index contributed by atoms with van der Waals surface area (Å²) in [6.07, 6.45) is -4.53. The van der Waals surface area contributed by atoms with Crippen LogP contribution in [0.1, 0.15) is 22.7 Å². The lowest BCUT2D eigenvalue weighted by atomic mass is 9.96. The van der Waals surface area contributed by atoms with E-state index in [0.29, 0.717) is 10.6 Å². The minimum Gasteiger partial charge on any atom is -0.309 e. The van der Waals surface area contributed by atoms with Crippen molar-refractivity contribution in [3.63, 3.8) is 0 Å². The van der Waals surface area contributed by atoms with Gasteiger partial charge in [0.2, 0.25) is 0 Å². The Kier molecular flexibility index (Phi) is 4.54. The number of alkyl halides is 3. The van der Waals surface area contributed by atoms with Gasteiger partial charge >= 0.3 is 6.18 Å². The summed E-state index contributed by atoms with van der Waals surface area (Å²) in [6, 6.07) is 8.21. The Morgan fingerprint density at radius 3 is 2.29 bits per heavy atom. The molecule has 0 aliphatic rings. The van der Waals surface area contributed by atoms with E-state index in [1.54, 1.807) is 24.3 Å². The highest BCUT2D eigenvalue weighted by molar-refractivity contribution is 6.31. The average molecular weight is 318 g/mol. The van der Waals surface area contributed by atoms with Crippen LogP contribution in [0.15, 0.2) is 42.5 Å². The molecule has 0 heterocycles. The molecule has 1 nitrogen and oxygen atoms in total. The van der Waals surface area contributed by atoms with Crippen molar-refractivity contribution in [3.8, 4) is 0 Å². The largest absolute Gasteiger partial charge is 0.416 e. The van der Waals surface area contributed by atoms with Crippen molar-refractivity contribution in [3.05, 3.63) is 70.0 Å². The van der Waals surface area contributed by atoms with E-state index in [0.717, 1.165) is 18.2 Å². The number of halogens is 5. The molecule has 1 unspecified atom stereocenters. The molecule has 0 aliphatic heterocycles. The first-order valence-electron chi connectivity index (χ1n) is 6.13. The zero-order valence-electron chi connectivity index (χ0n) is 11.0. The smallest absolute Gasteiger partial charge is 0.309 e. The maximum atomic E-state index is 14.0. The summed E-state index contributed by atoms with van der Waals surface area (Å²) in [6.45, 7) is 0. The van der Waals surface area contributed by atoms with E-state index in [1.165, 1.54) is 7.05 Å². The second kappa shape index (κ2) is 6.03. The van der Waals surface area contributed by atoms with E-state index >= 15 is 0 Å². The van der Waals surface area contributed by atoms with Gasteiger partial charge in [-0.3, -0.25) is 0 Å². The molecule has 2 rings (SSSR count). The summed E-state index contributed by atoms with van der Waals surface area (Å²) >= 11 is 6.05. The van der Waals surface area contributed by atoms with Gasteiger partial charge in [0.05, 0.1) is 11.6 Å². The predicted molar refractivity (Wildman–Crippen MR) is 73.8 cm³/mol. The molecule has 0 spiro atoms. The normalized spacial score (nSPS) is 13.2. The summed E-state index contributed by atoms with van der Waals surface area (Å²) in [5.74, 6) is -0.720. The zero-order valence-corrected chi connectivity index (χ0v) is 11.8. The average Bonchev–Trinajstić information content (AvgIpc) is 2.42. The van der Waals surface area contributed by atoms with Gasteiger partial charge in [0.25, 0.3) is 0 Å². The fourth-order valence-electron chi connectivity index (χ4n) is 2.13. The highest BCUT2D eigenvalue weighted by atomic mass is 35.5. The molecule has 0 bridgehead atoms. The van der Waals surface area contributed by atoms with Gasteiger partial charge in [0.15, 0.2) is 0 Å². The lowest BCUT2D eigenvalue weighted by Crippen LogP contribution is -2.20. The number of hydrogen-bond acceptors (Lipinski definition) is 1. The summed E-state index contributed by atoms with van der Waals surface area (Å²) in [7, 11) is 1.54. The SMILES string of the molecule is CNC(c1cc(C(F)(F)F)ccc1F)c1ccccc1Cl. The summed E-state index contributed by atoms with van der Waals surface area (Å²) in [5, 5.41) is 3.16. The maximum Gasteiger partial charge on any atom is 0.416 e. The lowest BCUT2D eigenvalue weighted by molar-refractivity contribution is -0.137. The molecule has 0 amide bonds. The molecule has 0 aliphatic carbocycles. The molecule has 0 fully saturated rings. The Morgan fingerprint density at radius 1 is 1.05 bits per heavy atom. The first-order valence-corrected chi connectivity index (χ1v) is 6.50.